The maximum Gasteiger partial charge on any atom is 0.224 e. The monoisotopic (exact) mass is 326 g/mol. The summed E-state index contributed by atoms with van der Waals surface area (Å²) in [6.45, 7) is 5.81. The highest BCUT2D eigenvalue weighted by molar-refractivity contribution is 5.78. The molecule has 0 saturated heterocycles. The van der Waals surface area contributed by atoms with Crippen molar-refractivity contribution in [1.29, 1.82) is 0 Å². The van der Waals surface area contributed by atoms with Gasteiger partial charge in [-0.05, 0) is 31.5 Å². The van der Waals surface area contributed by atoms with E-state index in [4.69, 9.17) is 0 Å². The van der Waals surface area contributed by atoms with E-state index in [2.05, 4.69) is 15.2 Å². The zero-order chi connectivity index (χ0) is 17.1. The van der Waals surface area contributed by atoms with E-state index in [1.54, 1.807) is 18.6 Å². The smallest absolute Gasteiger partial charge is 0.224 e. The molecule has 0 radical (unpaired) electrons. The molecule has 24 heavy (non-hydrogen) atoms. The fraction of sp³-hybridized carbons (Fsp3) is 0.412. The molecule has 126 valence electrons. The lowest BCUT2D eigenvalue weighted by atomic mass is 10.2. The topological polar surface area (TPSA) is 68.8 Å². The highest BCUT2D eigenvalue weighted by Gasteiger charge is 2.15. The summed E-state index contributed by atoms with van der Waals surface area (Å²) in [5.41, 5.74) is 4.01. The summed E-state index contributed by atoms with van der Waals surface area (Å²) in [7, 11) is 1.90. The molecule has 3 aromatic rings. The van der Waals surface area contributed by atoms with Gasteiger partial charge in [-0.25, -0.2) is 0 Å². The molecule has 3 heterocycles. The number of carbonyl (C=O) groups is 1. The highest BCUT2D eigenvalue weighted by Crippen LogP contribution is 2.17. The van der Waals surface area contributed by atoms with E-state index in [1.165, 1.54) is 0 Å². The fourth-order valence-corrected chi connectivity index (χ4v) is 2.92. The quantitative estimate of drug-likeness (QED) is 0.694. The van der Waals surface area contributed by atoms with Gasteiger partial charge in [0.05, 0.1) is 18.4 Å². The molecule has 0 unspecified atom stereocenters. The second-order valence-electron chi connectivity index (χ2n) is 5.82. The molecule has 1 amide bonds. The van der Waals surface area contributed by atoms with Gasteiger partial charge in [0, 0.05) is 39.0 Å². The molecule has 0 N–H and O–H groups in total. The normalized spacial score (nSPS) is 11.1. The molecule has 3 rings (SSSR count). The summed E-state index contributed by atoms with van der Waals surface area (Å²) < 4.78 is 3.69. The highest BCUT2D eigenvalue weighted by atomic mass is 16.2. The van der Waals surface area contributed by atoms with Crippen LogP contribution in [0.5, 0.6) is 0 Å². The first-order valence-corrected chi connectivity index (χ1v) is 8.12. The summed E-state index contributed by atoms with van der Waals surface area (Å²) in [6, 6.07) is 3.87. The Bertz CT molecular complexity index is 836. The van der Waals surface area contributed by atoms with Crippen LogP contribution in [0.2, 0.25) is 0 Å². The fourth-order valence-electron chi connectivity index (χ4n) is 2.92. The molecule has 0 aromatic carbocycles. The lowest BCUT2D eigenvalue weighted by Gasteiger charge is -2.21. The van der Waals surface area contributed by atoms with Gasteiger partial charge >= 0.3 is 0 Å². The Morgan fingerprint density at radius 1 is 1.29 bits per heavy atom. The summed E-state index contributed by atoms with van der Waals surface area (Å²) in [4.78, 5) is 18.4. The molecule has 0 aliphatic rings. The zero-order valence-corrected chi connectivity index (χ0v) is 14.3. The molecule has 7 heteroatoms. The van der Waals surface area contributed by atoms with Gasteiger partial charge in [-0.3, -0.25) is 19.1 Å². The van der Waals surface area contributed by atoms with Gasteiger partial charge in [0.1, 0.15) is 11.0 Å². The minimum atomic E-state index is 0.125. The first kappa shape index (κ1) is 16.2. The first-order chi connectivity index (χ1) is 11.6. The van der Waals surface area contributed by atoms with Gasteiger partial charge in [0.15, 0.2) is 0 Å². The van der Waals surface area contributed by atoms with E-state index in [-0.39, 0.29) is 5.91 Å². The van der Waals surface area contributed by atoms with Crippen molar-refractivity contribution in [3.63, 3.8) is 0 Å². The second-order valence-corrected chi connectivity index (χ2v) is 5.82. The lowest BCUT2D eigenvalue weighted by Crippen LogP contribution is -2.31. The van der Waals surface area contributed by atoms with Gasteiger partial charge < -0.3 is 4.90 Å². The van der Waals surface area contributed by atoms with Gasteiger partial charge in [-0.15, -0.1) is 0 Å². The van der Waals surface area contributed by atoms with Gasteiger partial charge in [-0.2, -0.15) is 10.2 Å². The minimum Gasteiger partial charge on any atom is -0.339 e. The number of hydrogen-bond donors (Lipinski definition) is 0. The number of amides is 1. The van der Waals surface area contributed by atoms with Gasteiger partial charge in [-0.1, -0.05) is 0 Å². The molecule has 0 atom stereocenters. The SMILES string of the molecule is CCN(Cc1ccncc1)C(=O)CCn1ncc2c1c(C)nn2C. The number of aryl methyl sites for hydroxylation is 3. The molecule has 0 saturated carbocycles. The van der Waals surface area contributed by atoms with Gasteiger partial charge in [0.25, 0.3) is 0 Å². The standard InChI is InChI=1S/C17H22N6O/c1-4-22(12-14-5-8-18-9-6-14)16(24)7-10-23-17-13(2)20-21(3)15(17)11-19-23/h5-6,8-9,11H,4,7,10,12H2,1-3H3. The summed E-state index contributed by atoms with van der Waals surface area (Å²) in [5.74, 6) is 0.125. The molecule has 7 nitrogen and oxygen atoms in total. The van der Waals surface area contributed by atoms with Crippen molar-refractivity contribution in [3.05, 3.63) is 42.0 Å². The molecule has 0 aliphatic carbocycles. The van der Waals surface area contributed by atoms with Crippen LogP contribution in [0.4, 0.5) is 0 Å². The molecule has 0 aliphatic heterocycles. The maximum absolute atomic E-state index is 12.5. The number of fused-ring (bicyclic) bond motifs is 1. The Morgan fingerprint density at radius 3 is 2.75 bits per heavy atom. The molecule has 0 bridgehead atoms. The molecular weight excluding hydrogens is 304 g/mol. The molecule has 0 spiro atoms. The minimum absolute atomic E-state index is 0.125. The van der Waals surface area contributed by atoms with Crippen LogP contribution >= 0.6 is 0 Å². The van der Waals surface area contributed by atoms with Crippen molar-refractivity contribution >= 4 is 16.9 Å². The van der Waals surface area contributed by atoms with E-state index in [0.717, 1.165) is 22.3 Å². The number of carbonyl (C=O) groups excluding carboxylic acids is 1. The average molecular weight is 326 g/mol. The Kier molecular flexibility index (Phi) is 4.59. The Morgan fingerprint density at radius 2 is 2.04 bits per heavy atom. The Balaban J connectivity index is 1.67. The second kappa shape index (κ2) is 6.82. The number of pyridine rings is 1. The Labute approximate surface area is 140 Å². The van der Waals surface area contributed by atoms with Crippen molar-refractivity contribution < 1.29 is 4.79 Å². The summed E-state index contributed by atoms with van der Waals surface area (Å²) in [6.07, 6.45) is 5.72. The summed E-state index contributed by atoms with van der Waals surface area (Å²) in [5, 5.41) is 8.79. The third-order valence-corrected chi connectivity index (χ3v) is 4.21. The Hall–Kier alpha value is -2.70. The number of rotatable bonds is 6. The van der Waals surface area contributed by atoms with E-state index in [9.17, 15) is 4.79 Å². The van der Waals surface area contributed by atoms with E-state index in [0.29, 0.717) is 26.1 Å². The van der Waals surface area contributed by atoms with Crippen molar-refractivity contribution in [1.82, 2.24) is 29.4 Å². The third-order valence-electron chi connectivity index (χ3n) is 4.21. The lowest BCUT2D eigenvalue weighted by molar-refractivity contribution is -0.131. The van der Waals surface area contributed by atoms with E-state index < -0.39 is 0 Å². The maximum atomic E-state index is 12.5. The van der Waals surface area contributed by atoms with Crippen LogP contribution in [0.25, 0.3) is 11.0 Å². The van der Waals surface area contributed by atoms with Crippen molar-refractivity contribution in [2.75, 3.05) is 6.54 Å². The summed E-state index contributed by atoms with van der Waals surface area (Å²) >= 11 is 0. The number of aromatic nitrogens is 5. The van der Waals surface area contributed by atoms with E-state index in [1.807, 2.05) is 47.3 Å². The van der Waals surface area contributed by atoms with Crippen LogP contribution in [-0.4, -0.2) is 41.9 Å². The molecule has 3 aromatic heterocycles. The van der Waals surface area contributed by atoms with Crippen LogP contribution in [0.3, 0.4) is 0 Å². The molecule has 0 fully saturated rings. The average Bonchev–Trinajstić information content (AvgIpc) is 3.13. The first-order valence-electron chi connectivity index (χ1n) is 8.12. The van der Waals surface area contributed by atoms with Crippen molar-refractivity contribution in [3.8, 4) is 0 Å². The predicted octanol–water partition coefficient (Wildman–Crippen LogP) is 1.91. The van der Waals surface area contributed by atoms with Crippen LogP contribution < -0.4 is 0 Å². The van der Waals surface area contributed by atoms with Crippen LogP contribution in [0.1, 0.15) is 24.6 Å². The zero-order valence-electron chi connectivity index (χ0n) is 14.3. The van der Waals surface area contributed by atoms with Gasteiger partial charge in [0.2, 0.25) is 5.91 Å². The number of hydrogen-bond acceptors (Lipinski definition) is 4. The number of nitrogens with zero attached hydrogens (tertiary/aromatic N) is 6. The predicted molar refractivity (Wildman–Crippen MR) is 91.2 cm³/mol. The van der Waals surface area contributed by atoms with E-state index >= 15 is 0 Å². The van der Waals surface area contributed by atoms with Crippen molar-refractivity contribution in [2.24, 2.45) is 7.05 Å². The van der Waals surface area contributed by atoms with Crippen molar-refractivity contribution in [2.45, 2.75) is 33.4 Å². The van der Waals surface area contributed by atoms with Crippen LogP contribution in [0.15, 0.2) is 30.7 Å². The third kappa shape index (κ3) is 3.15. The largest absolute Gasteiger partial charge is 0.339 e. The van der Waals surface area contributed by atoms with Crippen LogP contribution in [0, 0.1) is 6.92 Å². The van der Waals surface area contributed by atoms with Crippen LogP contribution in [-0.2, 0) is 24.9 Å². The molecular formula is C17H22N6O.